The summed E-state index contributed by atoms with van der Waals surface area (Å²) < 4.78 is 5.17. The third-order valence-corrected chi connectivity index (χ3v) is 2.79. The topological polar surface area (TPSA) is 48.1 Å². The van der Waals surface area contributed by atoms with Crippen molar-refractivity contribution in [2.75, 3.05) is 7.11 Å². The highest BCUT2D eigenvalue weighted by molar-refractivity contribution is 5.67. The number of pyridine rings is 1. The monoisotopic (exact) mass is 228 g/mol. The molecule has 0 amide bonds. The number of hydrogen-bond acceptors (Lipinski definition) is 3. The van der Waals surface area contributed by atoms with Crippen LogP contribution in [0.2, 0.25) is 0 Å². The Morgan fingerprint density at radius 1 is 1.29 bits per heavy atom. The molecular weight excluding hydrogens is 212 g/mol. The van der Waals surface area contributed by atoms with E-state index < -0.39 is 0 Å². The summed E-state index contributed by atoms with van der Waals surface area (Å²) in [6, 6.07) is 10.3. The van der Waals surface area contributed by atoms with Crippen LogP contribution in [0, 0.1) is 6.92 Å². The standard InChI is InChI=1S/C14H16N2O/c1-10-5-3-4-6-13(10)12-7-11(8-15)14(17-2)16-9-12/h3-7,9H,8,15H2,1-2H3. The lowest BCUT2D eigenvalue weighted by atomic mass is 10.0. The molecule has 3 heteroatoms. The largest absolute Gasteiger partial charge is 0.481 e. The molecule has 0 aliphatic heterocycles. The molecule has 0 radical (unpaired) electrons. The second-order valence-electron chi connectivity index (χ2n) is 3.91. The maximum absolute atomic E-state index is 5.69. The van der Waals surface area contributed by atoms with Gasteiger partial charge in [0, 0.05) is 23.9 Å². The number of nitrogens with zero attached hydrogens (tertiary/aromatic N) is 1. The van der Waals surface area contributed by atoms with Crippen LogP contribution in [0.5, 0.6) is 5.88 Å². The van der Waals surface area contributed by atoms with Gasteiger partial charge in [0.05, 0.1) is 7.11 Å². The Hall–Kier alpha value is -1.87. The number of methoxy groups -OCH3 is 1. The second kappa shape index (κ2) is 4.97. The molecular formula is C14H16N2O. The van der Waals surface area contributed by atoms with Crippen molar-refractivity contribution < 1.29 is 4.74 Å². The first-order valence-corrected chi connectivity index (χ1v) is 5.55. The summed E-state index contributed by atoms with van der Waals surface area (Å²) in [7, 11) is 1.61. The lowest BCUT2D eigenvalue weighted by Crippen LogP contribution is -2.02. The number of aromatic nitrogens is 1. The van der Waals surface area contributed by atoms with Gasteiger partial charge in [-0.1, -0.05) is 24.3 Å². The van der Waals surface area contributed by atoms with Crippen LogP contribution in [0.4, 0.5) is 0 Å². The summed E-state index contributed by atoms with van der Waals surface area (Å²) in [6.07, 6.45) is 1.82. The molecule has 0 aliphatic rings. The first kappa shape index (κ1) is 11.6. The summed E-state index contributed by atoms with van der Waals surface area (Å²) in [5.74, 6) is 0.602. The van der Waals surface area contributed by atoms with Gasteiger partial charge in [-0.05, 0) is 24.1 Å². The van der Waals surface area contributed by atoms with E-state index >= 15 is 0 Å². The van der Waals surface area contributed by atoms with Gasteiger partial charge in [-0.2, -0.15) is 0 Å². The Kier molecular flexibility index (Phi) is 3.40. The third-order valence-electron chi connectivity index (χ3n) is 2.79. The number of hydrogen-bond donors (Lipinski definition) is 1. The average Bonchev–Trinajstić information content (AvgIpc) is 2.38. The zero-order valence-corrected chi connectivity index (χ0v) is 10.1. The summed E-state index contributed by atoms with van der Waals surface area (Å²) in [4.78, 5) is 4.28. The second-order valence-corrected chi connectivity index (χ2v) is 3.91. The molecule has 0 saturated heterocycles. The predicted molar refractivity (Wildman–Crippen MR) is 68.9 cm³/mol. The van der Waals surface area contributed by atoms with Crippen molar-refractivity contribution in [3.05, 3.63) is 47.7 Å². The van der Waals surface area contributed by atoms with Crippen LogP contribution in [-0.2, 0) is 6.54 Å². The van der Waals surface area contributed by atoms with Gasteiger partial charge >= 0.3 is 0 Å². The van der Waals surface area contributed by atoms with Gasteiger partial charge in [0.2, 0.25) is 5.88 Å². The smallest absolute Gasteiger partial charge is 0.217 e. The van der Waals surface area contributed by atoms with Gasteiger partial charge in [-0.15, -0.1) is 0 Å². The Morgan fingerprint density at radius 3 is 2.71 bits per heavy atom. The minimum Gasteiger partial charge on any atom is -0.481 e. The molecule has 88 valence electrons. The molecule has 0 unspecified atom stereocenters. The Labute approximate surface area is 101 Å². The summed E-state index contributed by atoms with van der Waals surface area (Å²) in [5, 5.41) is 0. The molecule has 0 aliphatic carbocycles. The number of ether oxygens (including phenoxy) is 1. The fraction of sp³-hybridized carbons (Fsp3) is 0.214. The maximum atomic E-state index is 5.69. The van der Waals surface area contributed by atoms with E-state index in [2.05, 4.69) is 24.0 Å². The van der Waals surface area contributed by atoms with E-state index in [1.165, 1.54) is 11.1 Å². The Morgan fingerprint density at radius 2 is 2.06 bits per heavy atom. The molecule has 1 heterocycles. The molecule has 1 aromatic heterocycles. The molecule has 0 fully saturated rings. The van der Waals surface area contributed by atoms with Crippen LogP contribution in [0.1, 0.15) is 11.1 Å². The van der Waals surface area contributed by atoms with Gasteiger partial charge in [0.25, 0.3) is 0 Å². The van der Waals surface area contributed by atoms with Gasteiger partial charge in [0.1, 0.15) is 0 Å². The SMILES string of the molecule is COc1ncc(-c2ccccc2C)cc1CN. The lowest BCUT2D eigenvalue weighted by molar-refractivity contribution is 0.393. The fourth-order valence-corrected chi connectivity index (χ4v) is 1.87. The van der Waals surface area contributed by atoms with Crippen LogP contribution < -0.4 is 10.5 Å². The van der Waals surface area contributed by atoms with Crippen LogP contribution in [-0.4, -0.2) is 12.1 Å². The maximum Gasteiger partial charge on any atom is 0.217 e. The molecule has 0 atom stereocenters. The van der Waals surface area contributed by atoms with Gasteiger partial charge in [-0.3, -0.25) is 0 Å². The number of benzene rings is 1. The van der Waals surface area contributed by atoms with Crippen LogP contribution in [0.15, 0.2) is 36.5 Å². The summed E-state index contributed by atoms with van der Waals surface area (Å²) >= 11 is 0. The highest BCUT2D eigenvalue weighted by Crippen LogP contribution is 2.26. The van der Waals surface area contributed by atoms with Crippen molar-refractivity contribution >= 4 is 0 Å². The molecule has 3 nitrogen and oxygen atoms in total. The molecule has 2 aromatic rings. The zero-order chi connectivity index (χ0) is 12.3. The first-order chi connectivity index (χ1) is 8.26. The van der Waals surface area contributed by atoms with Crippen molar-refractivity contribution in [3.63, 3.8) is 0 Å². The van der Waals surface area contributed by atoms with E-state index in [0.717, 1.165) is 11.1 Å². The quantitative estimate of drug-likeness (QED) is 0.878. The van der Waals surface area contributed by atoms with E-state index in [1.807, 2.05) is 24.4 Å². The molecule has 0 spiro atoms. The van der Waals surface area contributed by atoms with E-state index in [4.69, 9.17) is 10.5 Å². The normalized spacial score (nSPS) is 10.3. The van der Waals surface area contributed by atoms with Crippen LogP contribution >= 0.6 is 0 Å². The molecule has 0 bridgehead atoms. The van der Waals surface area contributed by atoms with Crippen LogP contribution in [0.3, 0.4) is 0 Å². The van der Waals surface area contributed by atoms with Crippen molar-refractivity contribution in [2.24, 2.45) is 5.73 Å². The zero-order valence-electron chi connectivity index (χ0n) is 10.1. The number of aryl methyl sites for hydroxylation is 1. The Bertz CT molecular complexity index is 523. The van der Waals surface area contributed by atoms with Crippen molar-refractivity contribution in [2.45, 2.75) is 13.5 Å². The molecule has 2 N–H and O–H groups in total. The number of nitrogens with two attached hydrogens (primary N) is 1. The third kappa shape index (κ3) is 2.29. The summed E-state index contributed by atoms with van der Waals surface area (Å²) in [6.45, 7) is 2.51. The van der Waals surface area contributed by atoms with Crippen molar-refractivity contribution in [1.29, 1.82) is 0 Å². The van der Waals surface area contributed by atoms with E-state index in [9.17, 15) is 0 Å². The molecule has 1 aromatic carbocycles. The van der Waals surface area contributed by atoms with Gasteiger partial charge in [-0.25, -0.2) is 4.98 Å². The molecule has 2 rings (SSSR count). The molecule has 0 saturated carbocycles. The van der Waals surface area contributed by atoms with E-state index in [1.54, 1.807) is 7.11 Å². The lowest BCUT2D eigenvalue weighted by Gasteiger charge is -2.09. The predicted octanol–water partition coefficient (Wildman–Crippen LogP) is 2.52. The van der Waals surface area contributed by atoms with E-state index in [0.29, 0.717) is 12.4 Å². The summed E-state index contributed by atoms with van der Waals surface area (Å²) in [5.41, 5.74) is 10.1. The van der Waals surface area contributed by atoms with Crippen molar-refractivity contribution in [1.82, 2.24) is 4.98 Å². The van der Waals surface area contributed by atoms with Gasteiger partial charge in [0.15, 0.2) is 0 Å². The number of rotatable bonds is 3. The Balaban J connectivity index is 2.50. The fourth-order valence-electron chi connectivity index (χ4n) is 1.87. The van der Waals surface area contributed by atoms with Crippen molar-refractivity contribution in [3.8, 4) is 17.0 Å². The van der Waals surface area contributed by atoms with E-state index in [-0.39, 0.29) is 0 Å². The minimum atomic E-state index is 0.426. The first-order valence-electron chi connectivity index (χ1n) is 5.55. The van der Waals surface area contributed by atoms with Crippen LogP contribution in [0.25, 0.3) is 11.1 Å². The molecule has 17 heavy (non-hydrogen) atoms. The highest BCUT2D eigenvalue weighted by atomic mass is 16.5. The van der Waals surface area contributed by atoms with Gasteiger partial charge < -0.3 is 10.5 Å². The highest BCUT2D eigenvalue weighted by Gasteiger charge is 2.07. The minimum absolute atomic E-state index is 0.426. The average molecular weight is 228 g/mol.